The minimum absolute atomic E-state index is 0.822. The highest BCUT2D eigenvalue weighted by Gasteiger charge is 2.11. The lowest BCUT2D eigenvalue weighted by atomic mass is 10.1. The largest absolute Gasteiger partial charge is 0.493 e. The fourth-order valence-electron chi connectivity index (χ4n) is 2.39. The summed E-state index contributed by atoms with van der Waals surface area (Å²) in [5.41, 5.74) is 5.19. The Balaban J connectivity index is 1.59. The highest BCUT2D eigenvalue weighted by molar-refractivity contribution is 5.39. The molecule has 0 fully saturated rings. The van der Waals surface area contributed by atoms with Crippen LogP contribution in [0.25, 0.3) is 0 Å². The van der Waals surface area contributed by atoms with Crippen molar-refractivity contribution >= 4 is 0 Å². The van der Waals surface area contributed by atoms with Gasteiger partial charge in [0.25, 0.3) is 0 Å². The molecule has 1 aromatic heterocycles. The second kappa shape index (κ2) is 5.41. The van der Waals surface area contributed by atoms with Gasteiger partial charge in [0.05, 0.1) is 6.61 Å². The van der Waals surface area contributed by atoms with Gasteiger partial charge < -0.3 is 10.1 Å². The van der Waals surface area contributed by atoms with Crippen molar-refractivity contribution in [2.24, 2.45) is 0 Å². The molecule has 1 aliphatic rings. The van der Waals surface area contributed by atoms with Crippen LogP contribution >= 0.6 is 0 Å². The predicted octanol–water partition coefficient (Wildman–Crippen LogP) is 2.61. The highest BCUT2D eigenvalue weighted by atomic mass is 16.5. The molecule has 98 valence electrons. The number of benzene rings is 1. The Labute approximate surface area is 113 Å². The molecule has 0 saturated carbocycles. The summed E-state index contributed by atoms with van der Waals surface area (Å²) >= 11 is 0. The lowest BCUT2D eigenvalue weighted by molar-refractivity contribution is 0.357. The quantitative estimate of drug-likeness (QED) is 0.910. The molecule has 19 heavy (non-hydrogen) atoms. The minimum atomic E-state index is 0.822. The van der Waals surface area contributed by atoms with Crippen molar-refractivity contribution in [1.29, 1.82) is 0 Å². The molecule has 1 N–H and O–H groups in total. The second-order valence-electron chi connectivity index (χ2n) is 4.95. The van der Waals surface area contributed by atoms with Crippen LogP contribution in [-0.2, 0) is 19.5 Å². The first-order chi connectivity index (χ1) is 9.33. The Bertz CT molecular complexity index is 581. The first-order valence-corrected chi connectivity index (χ1v) is 6.68. The molecular formula is C16H18N2O. The molecule has 0 bridgehead atoms. The Morgan fingerprint density at radius 2 is 2.21 bits per heavy atom. The summed E-state index contributed by atoms with van der Waals surface area (Å²) in [6, 6.07) is 8.53. The van der Waals surface area contributed by atoms with Crippen LogP contribution < -0.4 is 10.1 Å². The normalized spacial score (nSPS) is 13.1. The van der Waals surface area contributed by atoms with E-state index in [1.165, 1.54) is 22.3 Å². The molecule has 0 atom stereocenters. The van der Waals surface area contributed by atoms with E-state index in [1.807, 2.05) is 12.4 Å². The maximum Gasteiger partial charge on any atom is 0.122 e. The van der Waals surface area contributed by atoms with E-state index in [9.17, 15) is 0 Å². The average Bonchev–Trinajstić information content (AvgIpc) is 2.88. The minimum Gasteiger partial charge on any atom is -0.493 e. The molecule has 3 heteroatoms. The van der Waals surface area contributed by atoms with Gasteiger partial charge in [-0.15, -0.1) is 0 Å². The number of hydrogen-bond donors (Lipinski definition) is 1. The molecular weight excluding hydrogens is 236 g/mol. The van der Waals surface area contributed by atoms with E-state index in [2.05, 4.69) is 41.5 Å². The van der Waals surface area contributed by atoms with Crippen molar-refractivity contribution in [2.75, 3.05) is 6.61 Å². The van der Waals surface area contributed by atoms with Crippen molar-refractivity contribution in [3.63, 3.8) is 0 Å². The van der Waals surface area contributed by atoms with E-state index in [0.29, 0.717) is 0 Å². The van der Waals surface area contributed by atoms with Gasteiger partial charge in [0, 0.05) is 31.9 Å². The Hall–Kier alpha value is -1.87. The van der Waals surface area contributed by atoms with E-state index >= 15 is 0 Å². The van der Waals surface area contributed by atoms with E-state index in [1.54, 1.807) is 0 Å². The molecule has 1 aromatic carbocycles. The predicted molar refractivity (Wildman–Crippen MR) is 75.2 cm³/mol. The van der Waals surface area contributed by atoms with Crippen molar-refractivity contribution in [2.45, 2.75) is 26.4 Å². The van der Waals surface area contributed by atoms with E-state index in [-0.39, 0.29) is 0 Å². The van der Waals surface area contributed by atoms with Crippen LogP contribution in [-0.4, -0.2) is 11.6 Å². The van der Waals surface area contributed by atoms with Crippen LogP contribution in [0, 0.1) is 6.92 Å². The van der Waals surface area contributed by atoms with Crippen molar-refractivity contribution in [3.05, 3.63) is 58.9 Å². The van der Waals surface area contributed by atoms with E-state index < -0.39 is 0 Å². The third kappa shape index (κ3) is 2.76. The van der Waals surface area contributed by atoms with Gasteiger partial charge in [-0.1, -0.05) is 12.1 Å². The summed E-state index contributed by atoms with van der Waals surface area (Å²) in [5.74, 6) is 1.05. The maximum atomic E-state index is 5.52. The SMILES string of the molecule is Cc1cnccc1CNCc1ccc2c(c1)CCO2. The fraction of sp³-hybridized carbons (Fsp3) is 0.312. The van der Waals surface area contributed by atoms with Gasteiger partial charge in [-0.2, -0.15) is 0 Å². The Kier molecular flexibility index (Phi) is 3.47. The summed E-state index contributed by atoms with van der Waals surface area (Å²) in [7, 11) is 0. The van der Waals surface area contributed by atoms with Gasteiger partial charge in [-0.25, -0.2) is 0 Å². The van der Waals surface area contributed by atoms with Crippen LogP contribution in [0.3, 0.4) is 0 Å². The number of pyridine rings is 1. The number of hydrogen-bond acceptors (Lipinski definition) is 3. The van der Waals surface area contributed by atoms with Crippen molar-refractivity contribution < 1.29 is 4.74 Å². The van der Waals surface area contributed by atoms with Crippen molar-refractivity contribution in [1.82, 2.24) is 10.3 Å². The standard InChI is InChI=1S/C16H18N2O/c1-12-9-17-6-4-15(12)11-18-10-13-2-3-16-14(8-13)5-7-19-16/h2-4,6,8-9,18H,5,7,10-11H2,1H3. The van der Waals surface area contributed by atoms with Gasteiger partial charge in [-0.3, -0.25) is 4.98 Å². The summed E-state index contributed by atoms with van der Waals surface area (Å²) in [4.78, 5) is 4.11. The summed E-state index contributed by atoms with van der Waals surface area (Å²) < 4.78 is 5.52. The van der Waals surface area contributed by atoms with Crippen LogP contribution in [0.2, 0.25) is 0 Å². The smallest absolute Gasteiger partial charge is 0.122 e. The molecule has 0 amide bonds. The molecule has 0 spiro atoms. The third-order valence-electron chi connectivity index (χ3n) is 3.53. The molecule has 0 radical (unpaired) electrons. The number of aromatic nitrogens is 1. The highest BCUT2D eigenvalue weighted by Crippen LogP contribution is 2.25. The molecule has 3 nitrogen and oxygen atoms in total. The van der Waals surface area contributed by atoms with Gasteiger partial charge in [0.2, 0.25) is 0 Å². The molecule has 0 saturated heterocycles. The van der Waals surface area contributed by atoms with Gasteiger partial charge >= 0.3 is 0 Å². The van der Waals surface area contributed by atoms with Crippen LogP contribution in [0.1, 0.15) is 22.3 Å². The van der Waals surface area contributed by atoms with Crippen LogP contribution in [0.15, 0.2) is 36.7 Å². The number of rotatable bonds is 4. The first kappa shape index (κ1) is 12.2. The number of fused-ring (bicyclic) bond motifs is 1. The first-order valence-electron chi connectivity index (χ1n) is 6.68. The number of ether oxygens (including phenoxy) is 1. The van der Waals surface area contributed by atoms with E-state index in [4.69, 9.17) is 4.74 Å². The fourth-order valence-corrected chi connectivity index (χ4v) is 2.39. The second-order valence-corrected chi connectivity index (χ2v) is 4.95. The molecule has 2 aromatic rings. The molecule has 2 heterocycles. The molecule has 1 aliphatic heterocycles. The Morgan fingerprint density at radius 1 is 1.26 bits per heavy atom. The number of nitrogens with one attached hydrogen (secondary N) is 1. The molecule has 3 rings (SSSR count). The zero-order chi connectivity index (χ0) is 13.1. The zero-order valence-corrected chi connectivity index (χ0v) is 11.1. The summed E-state index contributed by atoms with van der Waals surface area (Å²) in [6.45, 7) is 4.68. The lowest BCUT2D eigenvalue weighted by Gasteiger charge is -2.08. The van der Waals surface area contributed by atoms with Crippen LogP contribution in [0.5, 0.6) is 5.75 Å². The third-order valence-corrected chi connectivity index (χ3v) is 3.53. The zero-order valence-electron chi connectivity index (χ0n) is 11.1. The van der Waals surface area contributed by atoms with Gasteiger partial charge in [-0.05, 0) is 41.3 Å². The number of nitrogens with zero attached hydrogens (tertiary/aromatic N) is 1. The van der Waals surface area contributed by atoms with Gasteiger partial charge in [0.1, 0.15) is 5.75 Å². The molecule has 0 aliphatic carbocycles. The van der Waals surface area contributed by atoms with Gasteiger partial charge in [0.15, 0.2) is 0 Å². The molecule has 0 unspecified atom stereocenters. The van der Waals surface area contributed by atoms with E-state index in [0.717, 1.165) is 31.9 Å². The maximum absolute atomic E-state index is 5.52. The Morgan fingerprint density at radius 3 is 3.11 bits per heavy atom. The average molecular weight is 254 g/mol. The lowest BCUT2D eigenvalue weighted by Crippen LogP contribution is -2.13. The monoisotopic (exact) mass is 254 g/mol. The van der Waals surface area contributed by atoms with Crippen molar-refractivity contribution in [3.8, 4) is 5.75 Å². The number of aryl methyl sites for hydroxylation is 1. The summed E-state index contributed by atoms with van der Waals surface area (Å²) in [5, 5.41) is 3.48. The summed E-state index contributed by atoms with van der Waals surface area (Å²) in [6.07, 6.45) is 4.78. The van der Waals surface area contributed by atoms with Crippen LogP contribution in [0.4, 0.5) is 0 Å². The topological polar surface area (TPSA) is 34.2 Å².